The predicted octanol–water partition coefficient (Wildman–Crippen LogP) is 2.17. The van der Waals surface area contributed by atoms with E-state index in [1.54, 1.807) is 6.07 Å². The first-order valence-electron chi connectivity index (χ1n) is 5.35. The minimum atomic E-state index is -1.13. The molecule has 1 aliphatic rings. The van der Waals surface area contributed by atoms with Crippen molar-refractivity contribution in [3.63, 3.8) is 0 Å². The maximum absolute atomic E-state index is 11.8. The minimum absolute atomic E-state index is 0.115. The van der Waals surface area contributed by atoms with Gasteiger partial charge in [0.1, 0.15) is 5.54 Å². The topological polar surface area (TPSA) is 79.5 Å². The maximum Gasteiger partial charge on any atom is 0.329 e. The van der Waals surface area contributed by atoms with Crippen molar-refractivity contribution < 1.29 is 19.1 Å². The molecular weight excluding hydrogens is 290 g/mol. The number of furan rings is 1. The van der Waals surface area contributed by atoms with Gasteiger partial charge in [0.15, 0.2) is 10.4 Å². The number of amides is 1. The number of carbonyl (C=O) groups is 2. The quantitative estimate of drug-likeness (QED) is 0.897. The van der Waals surface area contributed by atoms with E-state index in [-0.39, 0.29) is 5.76 Å². The molecule has 6 heteroatoms. The van der Waals surface area contributed by atoms with Gasteiger partial charge in [0.25, 0.3) is 5.91 Å². The summed E-state index contributed by atoms with van der Waals surface area (Å²) in [5.41, 5.74) is -1.13. The van der Waals surface area contributed by atoms with Crippen LogP contribution in [-0.2, 0) is 4.79 Å². The molecule has 0 bridgehead atoms. The largest absolute Gasteiger partial charge is 0.480 e. The van der Waals surface area contributed by atoms with Crippen molar-refractivity contribution in [3.8, 4) is 0 Å². The van der Waals surface area contributed by atoms with Crippen LogP contribution in [0.5, 0.6) is 0 Å². The molecule has 92 valence electrons. The number of nitrogens with one attached hydrogen (secondary N) is 1. The Bertz CT molecular complexity index is 448. The summed E-state index contributed by atoms with van der Waals surface area (Å²) < 4.78 is 5.54. The summed E-state index contributed by atoms with van der Waals surface area (Å²) in [7, 11) is 0. The highest BCUT2D eigenvalue weighted by Crippen LogP contribution is 2.30. The van der Waals surface area contributed by atoms with Gasteiger partial charge in [-0.05, 0) is 40.9 Å². The van der Waals surface area contributed by atoms with Gasteiger partial charge < -0.3 is 14.8 Å². The lowest BCUT2D eigenvalue weighted by atomic mass is 9.98. The molecule has 1 amide bonds. The molecule has 0 saturated heterocycles. The summed E-state index contributed by atoms with van der Waals surface area (Å²) in [6.07, 6.45) is 2.56. The number of carbonyl (C=O) groups excluding carboxylic acids is 1. The van der Waals surface area contributed by atoms with Crippen molar-refractivity contribution in [2.24, 2.45) is 0 Å². The van der Waals surface area contributed by atoms with Crippen molar-refractivity contribution in [1.82, 2.24) is 5.32 Å². The molecule has 1 saturated carbocycles. The van der Waals surface area contributed by atoms with Gasteiger partial charge in [-0.1, -0.05) is 12.8 Å². The molecule has 2 rings (SSSR count). The van der Waals surface area contributed by atoms with E-state index < -0.39 is 17.4 Å². The Morgan fingerprint density at radius 1 is 1.35 bits per heavy atom. The summed E-state index contributed by atoms with van der Waals surface area (Å²) in [6.45, 7) is 0. The van der Waals surface area contributed by atoms with Crippen molar-refractivity contribution in [3.05, 3.63) is 22.6 Å². The number of hydrogen-bond donors (Lipinski definition) is 2. The Hall–Kier alpha value is -1.30. The van der Waals surface area contributed by atoms with Crippen LogP contribution in [0.1, 0.15) is 36.2 Å². The normalized spacial score (nSPS) is 17.9. The summed E-state index contributed by atoms with van der Waals surface area (Å²) in [4.78, 5) is 23.1. The highest BCUT2D eigenvalue weighted by atomic mass is 79.9. The smallest absolute Gasteiger partial charge is 0.329 e. The van der Waals surface area contributed by atoms with Crippen LogP contribution >= 0.6 is 15.9 Å². The van der Waals surface area contributed by atoms with Gasteiger partial charge in [-0.2, -0.15) is 0 Å². The van der Waals surface area contributed by atoms with Crippen LogP contribution in [0.3, 0.4) is 0 Å². The Morgan fingerprint density at radius 2 is 2.00 bits per heavy atom. The molecule has 0 unspecified atom stereocenters. The second-order valence-corrected chi connectivity index (χ2v) is 4.93. The average molecular weight is 302 g/mol. The fourth-order valence-electron chi connectivity index (χ4n) is 2.09. The number of rotatable bonds is 3. The van der Waals surface area contributed by atoms with E-state index in [0.717, 1.165) is 12.8 Å². The van der Waals surface area contributed by atoms with Gasteiger partial charge in [0, 0.05) is 0 Å². The van der Waals surface area contributed by atoms with Gasteiger partial charge in [-0.3, -0.25) is 4.79 Å². The third-order valence-electron chi connectivity index (χ3n) is 3.02. The fourth-order valence-corrected chi connectivity index (χ4v) is 2.39. The molecule has 0 atom stereocenters. The van der Waals surface area contributed by atoms with E-state index in [2.05, 4.69) is 21.2 Å². The lowest BCUT2D eigenvalue weighted by Crippen LogP contribution is -2.52. The van der Waals surface area contributed by atoms with E-state index in [0.29, 0.717) is 17.5 Å². The summed E-state index contributed by atoms with van der Waals surface area (Å²) >= 11 is 3.09. The molecular formula is C11H12BrNO4. The standard InChI is InChI=1S/C11H12BrNO4/c12-8-4-3-7(17-8)9(14)13-11(10(15)16)5-1-2-6-11/h3-4H,1-2,5-6H2,(H,13,14)(H,15,16). The minimum Gasteiger partial charge on any atom is -0.480 e. The van der Waals surface area contributed by atoms with Crippen LogP contribution < -0.4 is 5.32 Å². The Morgan fingerprint density at radius 3 is 2.47 bits per heavy atom. The van der Waals surface area contributed by atoms with Gasteiger partial charge >= 0.3 is 5.97 Å². The fraction of sp³-hybridized carbons (Fsp3) is 0.455. The molecule has 0 radical (unpaired) electrons. The van der Waals surface area contributed by atoms with E-state index in [1.807, 2.05) is 0 Å². The van der Waals surface area contributed by atoms with E-state index in [9.17, 15) is 14.7 Å². The molecule has 17 heavy (non-hydrogen) atoms. The first-order valence-corrected chi connectivity index (χ1v) is 6.14. The lowest BCUT2D eigenvalue weighted by Gasteiger charge is -2.24. The van der Waals surface area contributed by atoms with Crippen molar-refractivity contribution in [2.45, 2.75) is 31.2 Å². The van der Waals surface area contributed by atoms with Crippen molar-refractivity contribution in [2.75, 3.05) is 0 Å². The number of carboxylic acid groups (broad SMARTS) is 1. The predicted molar refractivity (Wildman–Crippen MR) is 62.7 cm³/mol. The number of carboxylic acids is 1. The molecule has 0 aliphatic heterocycles. The molecule has 1 aromatic heterocycles. The first kappa shape index (κ1) is 12.2. The van der Waals surface area contributed by atoms with Crippen LogP contribution in [0.15, 0.2) is 21.2 Å². The SMILES string of the molecule is O=C(NC1(C(=O)O)CCCC1)c1ccc(Br)o1. The highest BCUT2D eigenvalue weighted by Gasteiger charge is 2.43. The van der Waals surface area contributed by atoms with E-state index in [1.165, 1.54) is 6.07 Å². The zero-order valence-electron chi connectivity index (χ0n) is 9.03. The molecule has 0 aromatic carbocycles. The molecule has 0 spiro atoms. The monoisotopic (exact) mass is 301 g/mol. The Balaban J connectivity index is 2.14. The van der Waals surface area contributed by atoms with Gasteiger partial charge in [-0.15, -0.1) is 0 Å². The van der Waals surface area contributed by atoms with Gasteiger partial charge in [-0.25, -0.2) is 4.79 Å². The summed E-state index contributed by atoms with van der Waals surface area (Å²) in [6, 6.07) is 3.10. The molecule has 1 heterocycles. The maximum atomic E-state index is 11.8. The Labute approximate surface area is 106 Å². The average Bonchev–Trinajstić information content (AvgIpc) is 2.87. The van der Waals surface area contributed by atoms with E-state index in [4.69, 9.17) is 4.42 Å². The third-order valence-corrected chi connectivity index (χ3v) is 3.44. The van der Waals surface area contributed by atoms with Crippen LogP contribution in [0.25, 0.3) is 0 Å². The number of hydrogen-bond acceptors (Lipinski definition) is 3. The lowest BCUT2D eigenvalue weighted by molar-refractivity contribution is -0.144. The van der Waals surface area contributed by atoms with Crippen molar-refractivity contribution >= 4 is 27.8 Å². The zero-order valence-corrected chi connectivity index (χ0v) is 10.6. The molecule has 1 aromatic rings. The van der Waals surface area contributed by atoms with Gasteiger partial charge in [0.2, 0.25) is 0 Å². The first-order chi connectivity index (χ1) is 8.03. The summed E-state index contributed by atoms with van der Waals surface area (Å²) in [5, 5.41) is 11.8. The molecule has 1 fully saturated rings. The van der Waals surface area contributed by atoms with Crippen molar-refractivity contribution in [1.29, 1.82) is 0 Å². The van der Waals surface area contributed by atoms with Crippen LogP contribution in [0, 0.1) is 0 Å². The molecule has 5 nitrogen and oxygen atoms in total. The molecule has 1 aliphatic carbocycles. The Kier molecular flexibility index (Phi) is 3.24. The number of halogens is 1. The zero-order chi connectivity index (χ0) is 12.5. The summed E-state index contributed by atoms with van der Waals surface area (Å²) in [5.74, 6) is -1.35. The second-order valence-electron chi connectivity index (χ2n) is 4.15. The van der Waals surface area contributed by atoms with Crippen LogP contribution in [0.2, 0.25) is 0 Å². The molecule has 2 N–H and O–H groups in total. The second kappa shape index (κ2) is 4.52. The number of aliphatic carboxylic acids is 1. The van der Waals surface area contributed by atoms with Gasteiger partial charge in [0.05, 0.1) is 0 Å². The highest BCUT2D eigenvalue weighted by molar-refractivity contribution is 9.10. The van der Waals surface area contributed by atoms with E-state index >= 15 is 0 Å². The third kappa shape index (κ3) is 2.36. The van der Waals surface area contributed by atoms with Crippen LogP contribution in [-0.4, -0.2) is 22.5 Å². The van der Waals surface area contributed by atoms with Crippen LogP contribution in [0.4, 0.5) is 0 Å².